The molecule has 0 unspecified atom stereocenters. The minimum Gasteiger partial charge on any atom is -0.461 e. The normalized spacial score (nSPS) is 19.3. The summed E-state index contributed by atoms with van der Waals surface area (Å²) in [6.07, 6.45) is 5.47. The minimum absolute atomic E-state index is 0.0578. The molecule has 0 bridgehead atoms. The van der Waals surface area contributed by atoms with Crippen molar-refractivity contribution in [1.29, 1.82) is 0 Å². The molecule has 0 spiro atoms. The number of esters is 1. The molecule has 1 aliphatic carbocycles. The maximum absolute atomic E-state index is 11.5. The molecular formula is C11H19NO3. The molecule has 1 amide bonds. The second-order valence-corrected chi connectivity index (χ2v) is 4.12. The van der Waals surface area contributed by atoms with Crippen LogP contribution in [0, 0.1) is 0 Å². The number of hydrogen-bond donors (Lipinski definition) is 1. The summed E-state index contributed by atoms with van der Waals surface area (Å²) in [7, 11) is 0. The van der Waals surface area contributed by atoms with Gasteiger partial charge in [-0.05, 0) is 32.6 Å². The van der Waals surface area contributed by atoms with E-state index in [0.717, 1.165) is 25.7 Å². The second-order valence-electron chi connectivity index (χ2n) is 4.12. The number of carbonyl (C=O) groups excluding carboxylic acids is 2. The Labute approximate surface area is 90.4 Å². The van der Waals surface area contributed by atoms with E-state index >= 15 is 0 Å². The van der Waals surface area contributed by atoms with E-state index in [-0.39, 0.29) is 18.0 Å². The molecule has 0 heterocycles. The SMILES string of the molecule is CC(=O)N[C@@H](C)C(=O)OC1CCCCC1. The molecule has 1 saturated carbocycles. The predicted octanol–water partition coefficient (Wildman–Crippen LogP) is 1.39. The number of rotatable bonds is 3. The molecule has 15 heavy (non-hydrogen) atoms. The van der Waals surface area contributed by atoms with E-state index in [4.69, 9.17) is 4.74 Å². The number of amides is 1. The van der Waals surface area contributed by atoms with Crippen LogP contribution in [0.1, 0.15) is 46.0 Å². The van der Waals surface area contributed by atoms with Gasteiger partial charge in [0.15, 0.2) is 0 Å². The molecule has 0 aromatic heterocycles. The van der Waals surface area contributed by atoms with Crippen LogP contribution in [0.5, 0.6) is 0 Å². The van der Waals surface area contributed by atoms with Crippen LogP contribution in [0.15, 0.2) is 0 Å². The average molecular weight is 213 g/mol. The quantitative estimate of drug-likeness (QED) is 0.721. The van der Waals surface area contributed by atoms with Crippen molar-refractivity contribution >= 4 is 11.9 Å². The number of hydrogen-bond acceptors (Lipinski definition) is 3. The molecule has 1 aliphatic rings. The molecule has 1 N–H and O–H groups in total. The molecule has 0 radical (unpaired) electrons. The van der Waals surface area contributed by atoms with Crippen molar-refractivity contribution in [3.63, 3.8) is 0 Å². The van der Waals surface area contributed by atoms with Crippen LogP contribution in [0.25, 0.3) is 0 Å². The van der Waals surface area contributed by atoms with Gasteiger partial charge in [0.05, 0.1) is 0 Å². The lowest BCUT2D eigenvalue weighted by Crippen LogP contribution is -2.40. The lowest BCUT2D eigenvalue weighted by molar-refractivity contribution is -0.153. The summed E-state index contributed by atoms with van der Waals surface area (Å²) in [6.45, 7) is 3.04. The highest BCUT2D eigenvalue weighted by molar-refractivity contribution is 5.82. The van der Waals surface area contributed by atoms with Gasteiger partial charge in [-0.2, -0.15) is 0 Å². The first kappa shape index (κ1) is 12.0. The Morgan fingerprint density at radius 2 is 1.87 bits per heavy atom. The summed E-state index contributed by atoms with van der Waals surface area (Å²) < 4.78 is 5.30. The van der Waals surface area contributed by atoms with Crippen LogP contribution in [0.4, 0.5) is 0 Å². The first-order chi connectivity index (χ1) is 7.09. The Morgan fingerprint density at radius 1 is 1.27 bits per heavy atom. The first-order valence-corrected chi connectivity index (χ1v) is 5.57. The average Bonchev–Trinajstić information content (AvgIpc) is 2.18. The van der Waals surface area contributed by atoms with E-state index in [1.807, 2.05) is 0 Å². The molecule has 0 aromatic carbocycles. The predicted molar refractivity (Wildman–Crippen MR) is 56.2 cm³/mol. The Bertz CT molecular complexity index is 234. The minimum atomic E-state index is -0.538. The van der Waals surface area contributed by atoms with Crippen LogP contribution >= 0.6 is 0 Å². The van der Waals surface area contributed by atoms with Crippen molar-refractivity contribution in [2.45, 2.75) is 58.1 Å². The Hall–Kier alpha value is -1.06. The number of ether oxygens (including phenoxy) is 1. The maximum atomic E-state index is 11.5. The van der Waals surface area contributed by atoms with E-state index < -0.39 is 6.04 Å². The topological polar surface area (TPSA) is 55.4 Å². The molecule has 0 aromatic rings. The summed E-state index contributed by atoms with van der Waals surface area (Å²) in [5, 5.41) is 2.52. The van der Waals surface area contributed by atoms with Gasteiger partial charge < -0.3 is 10.1 Å². The Kier molecular flexibility index (Phi) is 4.59. The maximum Gasteiger partial charge on any atom is 0.328 e. The molecule has 1 atom stereocenters. The second kappa shape index (κ2) is 5.73. The molecule has 0 aliphatic heterocycles. The highest BCUT2D eigenvalue weighted by atomic mass is 16.5. The van der Waals surface area contributed by atoms with Gasteiger partial charge in [0.1, 0.15) is 12.1 Å². The lowest BCUT2D eigenvalue weighted by atomic mass is 9.98. The fourth-order valence-electron chi connectivity index (χ4n) is 1.81. The molecule has 4 nitrogen and oxygen atoms in total. The number of carbonyl (C=O) groups is 2. The molecule has 1 fully saturated rings. The third-order valence-corrected chi connectivity index (χ3v) is 2.61. The van der Waals surface area contributed by atoms with Crippen molar-refractivity contribution in [1.82, 2.24) is 5.32 Å². The monoisotopic (exact) mass is 213 g/mol. The van der Waals surface area contributed by atoms with Crippen molar-refractivity contribution in [2.75, 3.05) is 0 Å². The zero-order valence-electron chi connectivity index (χ0n) is 9.41. The van der Waals surface area contributed by atoms with Crippen LogP contribution in [-0.4, -0.2) is 24.0 Å². The molecule has 86 valence electrons. The van der Waals surface area contributed by atoms with Gasteiger partial charge in [-0.3, -0.25) is 4.79 Å². The van der Waals surface area contributed by atoms with Gasteiger partial charge in [0.25, 0.3) is 0 Å². The Balaban J connectivity index is 2.30. The molecule has 1 rings (SSSR count). The first-order valence-electron chi connectivity index (χ1n) is 5.57. The zero-order valence-corrected chi connectivity index (χ0v) is 9.41. The summed E-state index contributed by atoms with van der Waals surface area (Å²) in [5.41, 5.74) is 0. The van der Waals surface area contributed by atoms with Crippen LogP contribution in [0.3, 0.4) is 0 Å². The highest BCUT2D eigenvalue weighted by Crippen LogP contribution is 2.20. The fourth-order valence-corrected chi connectivity index (χ4v) is 1.81. The van der Waals surface area contributed by atoms with Crippen molar-refractivity contribution in [3.05, 3.63) is 0 Å². The standard InChI is InChI=1S/C11H19NO3/c1-8(12-9(2)13)11(14)15-10-6-4-3-5-7-10/h8,10H,3-7H2,1-2H3,(H,12,13)/t8-/m0/s1. The summed E-state index contributed by atoms with van der Waals surface area (Å²) in [6, 6.07) is -0.538. The summed E-state index contributed by atoms with van der Waals surface area (Å²) in [4.78, 5) is 22.2. The molecule has 0 saturated heterocycles. The lowest BCUT2D eigenvalue weighted by Gasteiger charge is -2.23. The Morgan fingerprint density at radius 3 is 2.40 bits per heavy atom. The van der Waals surface area contributed by atoms with E-state index in [1.54, 1.807) is 6.92 Å². The highest BCUT2D eigenvalue weighted by Gasteiger charge is 2.21. The van der Waals surface area contributed by atoms with Crippen LogP contribution < -0.4 is 5.32 Å². The van der Waals surface area contributed by atoms with Crippen molar-refractivity contribution in [3.8, 4) is 0 Å². The van der Waals surface area contributed by atoms with Crippen molar-refractivity contribution in [2.24, 2.45) is 0 Å². The summed E-state index contributed by atoms with van der Waals surface area (Å²) in [5.74, 6) is -0.528. The van der Waals surface area contributed by atoms with Gasteiger partial charge >= 0.3 is 5.97 Å². The van der Waals surface area contributed by atoms with Gasteiger partial charge in [0.2, 0.25) is 5.91 Å². The van der Waals surface area contributed by atoms with Crippen LogP contribution in [-0.2, 0) is 14.3 Å². The van der Waals surface area contributed by atoms with Gasteiger partial charge in [0, 0.05) is 6.92 Å². The fraction of sp³-hybridized carbons (Fsp3) is 0.818. The molecule has 4 heteroatoms. The third-order valence-electron chi connectivity index (χ3n) is 2.61. The van der Waals surface area contributed by atoms with E-state index in [2.05, 4.69) is 5.32 Å². The van der Waals surface area contributed by atoms with Gasteiger partial charge in [-0.25, -0.2) is 4.79 Å². The van der Waals surface area contributed by atoms with Gasteiger partial charge in [-0.15, -0.1) is 0 Å². The third kappa shape index (κ3) is 4.32. The van der Waals surface area contributed by atoms with E-state index in [1.165, 1.54) is 13.3 Å². The largest absolute Gasteiger partial charge is 0.461 e. The smallest absolute Gasteiger partial charge is 0.328 e. The van der Waals surface area contributed by atoms with E-state index in [9.17, 15) is 9.59 Å². The zero-order chi connectivity index (χ0) is 11.3. The number of nitrogens with one attached hydrogen (secondary N) is 1. The summed E-state index contributed by atoms with van der Waals surface area (Å²) >= 11 is 0. The van der Waals surface area contributed by atoms with Gasteiger partial charge in [-0.1, -0.05) is 6.42 Å². The molecular weight excluding hydrogens is 194 g/mol. The van der Waals surface area contributed by atoms with Crippen molar-refractivity contribution < 1.29 is 14.3 Å². The van der Waals surface area contributed by atoms with E-state index in [0.29, 0.717) is 0 Å². The van der Waals surface area contributed by atoms with Crippen LogP contribution in [0.2, 0.25) is 0 Å².